The number of rotatable bonds is 17. The molecule has 7 heteroatoms. The lowest BCUT2D eigenvalue weighted by Crippen LogP contribution is -2.25. The monoisotopic (exact) mass is 648 g/mol. The first-order valence-corrected chi connectivity index (χ1v) is 14.5. The van der Waals surface area contributed by atoms with Gasteiger partial charge in [0, 0.05) is 17.5 Å². The minimum Gasteiger partial charge on any atom is -0.494 e. The van der Waals surface area contributed by atoms with E-state index in [1.54, 1.807) is 0 Å². The Labute approximate surface area is 226 Å². The molecule has 0 aromatic heterocycles. The van der Waals surface area contributed by atoms with E-state index in [0.717, 1.165) is 59.2 Å². The van der Waals surface area contributed by atoms with E-state index in [-0.39, 0.29) is 0 Å². The van der Waals surface area contributed by atoms with Crippen LogP contribution in [0, 0.1) is 3.57 Å². The Morgan fingerprint density at radius 1 is 0.794 bits per heavy atom. The molecule has 0 aliphatic carbocycles. The number of aliphatic hydroxyl groups is 1. The van der Waals surface area contributed by atoms with Gasteiger partial charge >= 0.3 is 0 Å². The summed E-state index contributed by atoms with van der Waals surface area (Å²) < 4.78 is 25.1. The van der Waals surface area contributed by atoms with Crippen LogP contribution in [0.15, 0.2) is 36.4 Å². The zero-order valence-corrected chi connectivity index (χ0v) is 24.3. The van der Waals surface area contributed by atoms with E-state index < -0.39 is 12.2 Å². The van der Waals surface area contributed by atoms with Crippen molar-refractivity contribution in [3.8, 4) is 23.0 Å². The van der Waals surface area contributed by atoms with Crippen molar-refractivity contribution in [2.24, 2.45) is 0 Å². The fourth-order valence-electron chi connectivity index (χ4n) is 3.16. The van der Waals surface area contributed by atoms with E-state index in [1.807, 2.05) is 36.4 Å². The Bertz CT molecular complexity index is 831. The Kier molecular flexibility index (Phi) is 14.1. The first-order valence-electron chi connectivity index (χ1n) is 12.3. The second-order valence-corrected chi connectivity index (χ2v) is 9.89. The number of alkyl halides is 1. The van der Waals surface area contributed by atoms with Crippen LogP contribution in [0.1, 0.15) is 71.0 Å². The molecule has 0 saturated heterocycles. The minimum absolute atomic E-state index is 0.384. The molecule has 0 aliphatic heterocycles. The predicted molar refractivity (Wildman–Crippen MR) is 150 cm³/mol. The summed E-state index contributed by atoms with van der Waals surface area (Å²) in [6.45, 7) is 8.39. The van der Waals surface area contributed by atoms with E-state index in [2.05, 4.69) is 59.3 Å². The average molecular weight is 649 g/mol. The van der Waals surface area contributed by atoms with Gasteiger partial charge in [-0.25, -0.2) is 0 Å². The van der Waals surface area contributed by atoms with Gasteiger partial charge in [0.25, 0.3) is 0 Å². The topological polar surface area (TPSA) is 57.2 Å². The van der Waals surface area contributed by atoms with Gasteiger partial charge in [0.15, 0.2) is 6.10 Å². The smallest absolute Gasteiger partial charge is 0.150 e. The maximum absolute atomic E-state index is 10.8. The normalized spacial score (nSPS) is 12.8. The van der Waals surface area contributed by atoms with Gasteiger partial charge < -0.3 is 24.1 Å². The Hall–Kier alpha value is -1.19. The summed E-state index contributed by atoms with van der Waals surface area (Å²) in [7, 11) is 0. The third-order valence-corrected chi connectivity index (χ3v) is 6.96. The fraction of sp³-hybridized carbons (Fsp3) is 0.556. The van der Waals surface area contributed by atoms with Crippen LogP contribution in [0.5, 0.6) is 23.0 Å². The lowest BCUT2D eigenvalue weighted by molar-refractivity contribution is 0.0509. The van der Waals surface area contributed by atoms with Gasteiger partial charge in [-0.1, -0.05) is 68.1 Å². The molecule has 34 heavy (non-hydrogen) atoms. The molecule has 0 radical (unpaired) electrons. The van der Waals surface area contributed by atoms with Crippen LogP contribution in [-0.4, -0.2) is 36.4 Å². The highest BCUT2D eigenvalue weighted by Gasteiger charge is 2.25. The number of benzene rings is 2. The Morgan fingerprint density at radius 2 is 1.32 bits per heavy atom. The molecule has 2 aromatic carbocycles. The van der Waals surface area contributed by atoms with Crippen molar-refractivity contribution < 1.29 is 24.1 Å². The lowest BCUT2D eigenvalue weighted by Gasteiger charge is -2.25. The van der Waals surface area contributed by atoms with Crippen molar-refractivity contribution in [2.75, 3.05) is 25.2 Å². The molecule has 0 amide bonds. The first-order chi connectivity index (χ1) is 16.5. The Balaban J connectivity index is 2.29. The van der Waals surface area contributed by atoms with Gasteiger partial charge in [0.2, 0.25) is 0 Å². The van der Waals surface area contributed by atoms with Crippen LogP contribution < -0.4 is 18.9 Å². The van der Waals surface area contributed by atoms with Crippen LogP contribution in [0.25, 0.3) is 0 Å². The fourth-order valence-corrected chi connectivity index (χ4v) is 4.09. The molecule has 0 saturated carbocycles. The van der Waals surface area contributed by atoms with Gasteiger partial charge in [-0.05, 0) is 59.5 Å². The largest absolute Gasteiger partial charge is 0.494 e. The number of aliphatic hydroxyl groups excluding tert-OH is 1. The summed E-state index contributed by atoms with van der Waals surface area (Å²) in [6, 6.07) is 11.6. The van der Waals surface area contributed by atoms with Crippen LogP contribution in [0.4, 0.5) is 0 Å². The highest BCUT2D eigenvalue weighted by atomic mass is 127. The summed E-state index contributed by atoms with van der Waals surface area (Å²) in [5.74, 6) is 2.90. The zero-order chi connectivity index (χ0) is 24.8. The van der Waals surface area contributed by atoms with E-state index in [1.165, 1.54) is 0 Å². The maximum atomic E-state index is 10.8. The maximum Gasteiger partial charge on any atom is 0.150 e. The molecular weight excluding hydrogens is 611 g/mol. The van der Waals surface area contributed by atoms with E-state index >= 15 is 0 Å². The summed E-state index contributed by atoms with van der Waals surface area (Å²) in [5, 5.41) is 11.2. The summed E-state index contributed by atoms with van der Waals surface area (Å²) >= 11 is 5.66. The number of hydrogen-bond acceptors (Lipinski definition) is 5. The van der Waals surface area contributed by atoms with Gasteiger partial charge in [0.1, 0.15) is 29.1 Å². The lowest BCUT2D eigenvalue weighted by atomic mass is 10.0. The van der Waals surface area contributed by atoms with Crippen molar-refractivity contribution >= 4 is 38.5 Å². The van der Waals surface area contributed by atoms with E-state index in [4.69, 9.17) is 18.9 Å². The quantitative estimate of drug-likeness (QED) is 0.108. The van der Waals surface area contributed by atoms with E-state index in [9.17, 15) is 5.11 Å². The number of halogens is 2. The highest BCUT2D eigenvalue weighted by Crippen LogP contribution is 2.39. The molecule has 2 aromatic rings. The molecule has 2 rings (SSSR count). The first kappa shape index (κ1) is 29.0. The Morgan fingerprint density at radius 3 is 1.88 bits per heavy atom. The molecule has 0 heterocycles. The van der Waals surface area contributed by atoms with Gasteiger partial charge in [-0.3, -0.25) is 0 Å². The third kappa shape index (κ3) is 9.46. The molecule has 0 unspecified atom stereocenters. The van der Waals surface area contributed by atoms with Gasteiger partial charge in [-0.2, -0.15) is 0 Å². The minimum atomic E-state index is -0.739. The second kappa shape index (κ2) is 16.5. The molecule has 0 spiro atoms. The van der Waals surface area contributed by atoms with Crippen LogP contribution in [0.2, 0.25) is 0 Å². The molecule has 190 valence electrons. The molecule has 0 bridgehead atoms. The zero-order valence-electron chi connectivity index (χ0n) is 20.5. The van der Waals surface area contributed by atoms with Crippen LogP contribution >= 0.6 is 38.5 Å². The molecule has 5 nitrogen and oxygen atoms in total. The number of unbranched alkanes of at least 4 members (excludes halogenated alkanes) is 3. The highest BCUT2D eigenvalue weighted by molar-refractivity contribution is 14.1. The van der Waals surface area contributed by atoms with Crippen molar-refractivity contribution in [3.63, 3.8) is 0 Å². The van der Waals surface area contributed by atoms with Crippen molar-refractivity contribution in [3.05, 3.63) is 45.5 Å². The summed E-state index contributed by atoms with van der Waals surface area (Å²) in [4.78, 5) is 0. The molecule has 0 aliphatic rings. The predicted octanol–water partition coefficient (Wildman–Crippen LogP) is 7.70. The number of ether oxygens (including phenoxy) is 4. The molecule has 2 atom stereocenters. The van der Waals surface area contributed by atoms with Crippen LogP contribution in [0.3, 0.4) is 0 Å². The average Bonchev–Trinajstić information content (AvgIpc) is 2.85. The van der Waals surface area contributed by atoms with Gasteiger partial charge in [-0.15, -0.1) is 0 Å². The summed E-state index contributed by atoms with van der Waals surface area (Å²) in [5.41, 5.74) is 0.872. The van der Waals surface area contributed by atoms with Crippen LogP contribution in [-0.2, 0) is 0 Å². The third-order valence-electron chi connectivity index (χ3n) is 5.24. The van der Waals surface area contributed by atoms with Gasteiger partial charge in [0.05, 0.1) is 23.4 Å². The molecule has 1 N–H and O–H groups in total. The molecular formula is C27H38BrIO5. The van der Waals surface area contributed by atoms with E-state index in [0.29, 0.717) is 36.6 Å². The summed E-state index contributed by atoms with van der Waals surface area (Å²) in [6.07, 6.45) is 4.89. The standard InChI is InChI=1S/C27H38BrIO5/c1-4-7-14-31-21-12-10-20(11-13-21)27(23(30)19-28)34-25-18-22(32-15-8-5-2)17-24(26(25)29)33-16-9-6-3/h10-13,17-18,23,27,30H,4-9,14-16,19H2,1-3H3/t23-,27+/m1/s1. The van der Waals surface area contributed by atoms with Crippen molar-refractivity contribution in [2.45, 2.75) is 71.5 Å². The second-order valence-electron chi connectivity index (χ2n) is 8.17. The number of hydrogen-bond donors (Lipinski definition) is 1. The van der Waals surface area contributed by atoms with Crippen molar-refractivity contribution in [1.82, 2.24) is 0 Å². The molecule has 0 fully saturated rings. The van der Waals surface area contributed by atoms with Crippen molar-refractivity contribution in [1.29, 1.82) is 0 Å². The SMILES string of the molecule is CCCCOc1ccc([C@H](Oc2cc(OCCCC)cc(OCCCC)c2I)[C@H](O)CBr)cc1.